The van der Waals surface area contributed by atoms with Crippen molar-refractivity contribution in [3.63, 3.8) is 0 Å². The van der Waals surface area contributed by atoms with Gasteiger partial charge in [0.25, 0.3) is 5.91 Å². The SMILES string of the molecule is Cc1ncoc1C(=O)N1CCc2[nH]nc(C3COc4ccccc4O3)c2C1. The molecular formula is C19H18N4O4. The number of aromatic amines is 1. The molecule has 2 aliphatic rings. The van der Waals surface area contributed by atoms with E-state index in [1.54, 1.807) is 11.8 Å². The van der Waals surface area contributed by atoms with E-state index in [1.165, 1.54) is 6.39 Å². The third-order valence-corrected chi connectivity index (χ3v) is 5.01. The Morgan fingerprint density at radius 1 is 1.30 bits per heavy atom. The molecule has 4 heterocycles. The van der Waals surface area contributed by atoms with Crippen LogP contribution in [0.1, 0.15) is 39.3 Å². The summed E-state index contributed by atoms with van der Waals surface area (Å²) in [7, 11) is 0. The molecule has 3 aromatic rings. The van der Waals surface area contributed by atoms with Crippen molar-refractivity contribution < 1.29 is 18.7 Å². The lowest BCUT2D eigenvalue weighted by atomic mass is 10.0. The van der Waals surface area contributed by atoms with Crippen LogP contribution in [0.2, 0.25) is 0 Å². The Morgan fingerprint density at radius 2 is 2.15 bits per heavy atom. The highest BCUT2D eigenvalue weighted by Gasteiger charge is 2.33. The van der Waals surface area contributed by atoms with Crippen LogP contribution in [0.5, 0.6) is 11.5 Å². The highest BCUT2D eigenvalue weighted by Crippen LogP contribution is 2.37. The molecule has 0 aliphatic carbocycles. The number of amides is 1. The zero-order valence-electron chi connectivity index (χ0n) is 14.8. The lowest BCUT2D eigenvalue weighted by molar-refractivity contribution is 0.0689. The maximum absolute atomic E-state index is 12.8. The molecule has 2 aromatic heterocycles. The number of para-hydroxylation sites is 2. The largest absolute Gasteiger partial charge is 0.485 e. The smallest absolute Gasteiger partial charge is 0.291 e. The Balaban J connectivity index is 1.41. The molecule has 0 saturated heterocycles. The molecule has 2 aliphatic heterocycles. The van der Waals surface area contributed by atoms with Crippen LogP contribution in [0.4, 0.5) is 0 Å². The number of carbonyl (C=O) groups is 1. The highest BCUT2D eigenvalue weighted by atomic mass is 16.6. The second-order valence-electron chi connectivity index (χ2n) is 6.67. The number of rotatable bonds is 2. The van der Waals surface area contributed by atoms with Crippen LogP contribution < -0.4 is 9.47 Å². The van der Waals surface area contributed by atoms with E-state index in [1.807, 2.05) is 24.3 Å². The van der Waals surface area contributed by atoms with Gasteiger partial charge in [0.15, 0.2) is 24.0 Å². The highest BCUT2D eigenvalue weighted by molar-refractivity contribution is 5.92. The molecule has 1 atom stereocenters. The van der Waals surface area contributed by atoms with Gasteiger partial charge in [0.2, 0.25) is 5.76 Å². The van der Waals surface area contributed by atoms with Gasteiger partial charge in [0.05, 0.1) is 5.69 Å². The van der Waals surface area contributed by atoms with Crippen molar-refractivity contribution in [2.45, 2.75) is 26.0 Å². The van der Waals surface area contributed by atoms with E-state index in [0.29, 0.717) is 37.6 Å². The topological polar surface area (TPSA) is 93.5 Å². The third-order valence-electron chi connectivity index (χ3n) is 5.01. The van der Waals surface area contributed by atoms with Crippen molar-refractivity contribution in [3.05, 3.63) is 59.1 Å². The molecule has 0 radical (unpaired) electrons. The summed E-state index contributed by atoms with van der Waals surface area (Å²) >= 11 is 0. The maximum Gasteiger partial charge on any atom is 0.291 e. The number of aromatic nitrogens is 3. The van der Waals surface area contributed by atoms with E-state index in [-0.39, 0.29) is 17.8 Å². The molecule has 1 amide bonds. The monoisotopic (exact) mass is 366 g/mol. The van der Waals surface area contributed by atoms with Crippen LogP contribution in [0, 0.1) is 6.92 Å². The molecule has 1 aromatic carbocycles. The molecule has 1 unspecified atom stereocenters. The molecule has 0 bridgehead atoms. The summed E-state index contributed by atoms with van der Waals surface area (Å²) in [4.78, 5) is 18.5. The first-order valence-electron chi connectivity index (χ1n) is 8.84. The van der Waals surface area contributed by atoms with Gasteiger partial charge in [-0.1, -0.05) is 12.1 Å². The first kappa shape index (κ1) is 15.9. The predicted octanol–water partition coefficient (Wildman–Crippen LogP) is 2.42. The predicted molar refractivity (Wildman–Crippen MR) is 93.6 cm³/mol. The van der Waals surface area contributed by atoms with Crippen molar-refractivity contribution in [2.24, 2.45) is 0 Å². The fourth-order valence-corrected chi connectivity index (χ4v) is 3.56. The first-order valence-corrected chi connectivity index (χ1v) is 8.84. The van der Waals surface area contributed by atoms with Crippen molar-refractivity contribution in [3.8, 4) is 11.5 Å². The summed E-state index contributed by atoms with van der Waals surface area (Å²) in [6, 6.07) is 7.58. The third kappa shape index (κ3) is 2.64. The second kappa shape index (κ2) is 6.15. The number of benzene rings is 1. The van der Waals surface area contributed by atoms with Crippen molar-refractivity contribution in [2.75, 3.05) is 13.2 Å². The Hall–Kier alpha value is -3.29. The summed E-state index contributed by atoms with van der Waals surface area (Å²) in [5.74, 6) is 1.56. The summed E-state index contributed by atoms with van der Waals surface area (Å²) < 4.78 is 17.2. The molecule has 27 heavy (non-hydrogen) atoms. The minimum atomic E-state index is -0.318. The Morgan fingerprint density at radius 3 is 2.96 bits per heavy atom. The minimum absolute atomic E-state index is 0.158. The lowest BCUT2D eigenvalue weighted by Crippen LogP contribution is -2.36. The number of hydrogen-bond donors (Lipinski definition) is 1. The van der Waals surface area contributed by atoms with E-state index in [2.05, 4.69) is 15.2 Å². The van der Waals surface area contributed by atoms with Crippen LogP contribution in [-0.2, 0) is 13.0 Å². The molecule has 1 N–H and O–H groups in total. The molecule has 0 spiro atoms. The number of H-pyrrole nitrogens is 1. The van der Waals surface area contributed by atoms with Crippen LogP contribution in [0.15, 0.2) is 35.1 Å². The van der Waals surface area contributed by atoms with E-state index in [9.17, 15) is 4.79 Å². The minimum Gasteiger partial charge on any atom is -0.485 e. The number of carbonyl (C=O) groups excluding carboxylic acids is 1. The standard InChI is InChI=1S/C19H18N4O4/c1-11-18(26-10-20-11)19(24)23-7-6-13-12(8-23)17(22-21-13)16-9-25-14-4-2-3-5-15(14)27-16/h2-5,10,16H,6-9H2,1H3,(H,21,22). The molecule has 8 nitrogen and oxygen atoms in total. The maximum atomic E-state index is 12.8. The lowest BCUT2D eigenvalue weighted by Gasteiger charge is -2.29. The van der Waals surface area contributed by atoms with Crippen molar-refractivity contribution >= 4 is 5.91 Å². The van der Waals surface area contributed by atoms with Crippen LogP contribution in [0.25, 0.3) is 0 Å². The number of oxazole rings is 1. The number of aryl methyl sites for hydroxylation is 1. The van der Waals surface area contributed by atoms with Crippen LogP contribution >= 0.6 is 0 Å². The van der Waals surface area contributed by atoms with Crippen molar-refractivity contribution in [1.82, 2.24) is 20.1 Å². The molecule has 8 heteroatoms. The molecule has 138 valence electrons. The van der Waals surface area contributed by atoms with Gasteiger partial charge >= 0.3 is 0 Å². The number of nitrogens with zero attached hydrogens (tertiary/aromatic N) is 3. The number of fused-ring (bicyclic) bond motifs is 2. The van der Waals surface area contributed by atoms with Gasteiger partial charge in [-0.15, -0.1) is 0 Å². The Bertz CT molecular complexity index is 1010. The average molecular weight is 366 g/mol. The van der Waals surface area contributed by atoms with Crippen LogP contribution in [-0.4, -0.2) is 39.1 Å². The van der Waals surface area contributed by atoms with Crippen molar-refractivity contribution in [1.29, 1.82) is 0 Å². The molecule has 0 fully saturated rings. The summed E-state index contributed by atoms with van der Waals surface area (Å²) in [5.41, 5.74) is 3.40. The number of nitrogens with one attached hydrogen (secondary N) is 1. The van der Waals surface area contributed by atoms with E-state index >= 15 is 0 Å². The first-order chi connectivity index (χ1) is 13.2. The van der Waals surface area contributed by atoms with Gasteiger partial charge in [-0.05, 0) is 19.1 Å². The second-order valence-corrected chi connectivity index (χ2v) is 6.67. The van der Waals surface area contributed by atoms with E-state index in [4.69, 9.17) is 13.9 Å². The van der Waals surface area contributed by atoms with Gasteiger partial charge in [-0.25, -0.2) is 4.98 Å². The summed E-state index contributed by atoms with van der Waals surface area (Å²) in [5, 5.41) is 7.56. The average Bonchev–Trinajstić information content (AvgIpc) is 3.32. The normalized spacial score (nSPS) is 18.3. The molecule has 0 saturated carbocycles. The number of hydrogen-bond acceptors (Lipinski definition) is 6. The van der Waals surface area contributed by atoms with Crippen LogP contribution in [0.3, 0.4) is 0 Å². The Labute approximate surface area is 155 Å². The number of ether oxygens (including phenoxy) is 2. The van der Waals surface area contributed by atoms with Gasteiger partial charge in [0.1, 0.15) is 12.3 Å². The van der Waals surface area contributed by atoms with E-state index in [0.717, 1.165) is 22.7 Å². The fourth-order valence-electron chi connectivity index (χ4n) is 3.56. The van der Waals surface area contributed by atoms with Gasteiger partial charge in [-0.3, -0.25) is 9.89 Å². The zero-order valence-corrected chi connectivity index (χ0v) is 14.8. The molecular weight excluding hydrogens is 348 g/mol. The fraction of sp³-hybridized carbons (Fsp3) is 0.316. The zero-order chi connectivity index (χ0) is 18.4. The quantitative estimate of drug-likeness (QED) is 0.749. The van der Waals surface area contributed by atoms with Gasteiger partial charge in [-0.2, -0.15) is 5.10 Å². The summed E-state index contributed by atoms with van der Waals surface area (Å²) in [6.07, 6.45) is 1.68. The van der Waals surface area contributed by atoms with E-state index < -0.39 is 0 Å². The molecule has 5 rings (SSSR count). The Kier molecular flexibility index (Phi) is 3.63. The summed E-state index contributed by atoms with van der Waals surface area (Å²) in [6.45, 7) is 3.18. The van der Waals surface area contributed by atoms with Gasteiger partial charge < -0.3 is 18.8 Å². The van der Waals surface area contributed by atoms with Gasteiger partial charge in [0, 0.05) is 30.8 Å².